The first-order chi connectivity index (χ1) is 9.81. The van der Waals surface area contributed by atoms with Crippen LogP contribution in [0.5, 0.6) is 0 Å². The molecule has 2 nitrogen and oxygen atoms in total. The first kappa shape index (κ1) is 16.2. The number of benzene rings is 1. The monoisotopic (exact) mass is 296 g/mol. The summed E-state index contributed by atoms with van der Waals surface area (Å²) in [5.74, 6) is 0.158. The first-order valence-electron chi connectivity index (χ1n) is 7.77. The van der Waals surface area contributed by atoms with Crippen molar-refractivity contribution >= 4 is 5.69 Å². The highest BCUT2D eigenvalue weighted by Gasteiger charge is 2.32. The van der Waals surface area contributed by atoms with E-state index in [1.807, 2.05) is 4.90 Å². The molecular weight excluding hydrogens is 270 g/mol. The third-order valence-corrected chi connectivity index (χ3v) is 4.49. The van der Waals surface area contributed by atoms with E-state index in [0.717, 1.165) is 6.54 Å². The summed E-state index contributed by atoms with van der Waals surface area (Å²) in [4.78, 5) is 2.05. The number of nitrogens with one attached hydrogen (secondary N) is 1. The van der Waals surface area contributed by atoms with Gasteiger partial charge in [-0.2, -0.15) is 0 Å². The van der Waals surface area contributed by atoms with E-state index < -0.39 is 0 Å². The van der Waals surface area contributed by atoms with Crippen LogP contribution in [0, 0.1) is 30.4 Å². The second-order valence-electron chi connectivity index (χ2n) is 6.78. The van der Waals surface area contributed by atoms with Crippen LogP contribution < -0.4 is 10.2 Å². The summed E-state index contributed by atoms with van der Waals surface area (Å²) in [6, 6.07) is 3.12. The van der Waals surface area contributed by atoms with Crippen LogP contribution in [0.1, 0.15) is 33.3 Å². The summed E-state index contributed by atoms with van der Waals surface area (Å²) in [5, 5.41) is 3.54. The molecule has 2 unspecified atom stereocenters. The van der Waals surface area contributed by atoms with Crippen LogP contribution in [0.15, 0.2) is 12.1 Å². The molecule has 118 valence electrons. The van der Waals surface area contributed by atoms with Crippen LogP contribution in [0.3, 0.4) is 0 Å². The Morgan fingerprint density at radius 3 is 2.33 bits per heavy atom. The molecule has 1 aliphatic rings. The van der Waals surface area contributed by atoms with E-state index >= 15 is 0 Å². The molecule has 1 aliphatic heterocycles. The number of nitrogens with zero attached hydrogens (tertiary/aromatic N) is 1. The number of anilines is 1. The minimum atomic E-state index is -0.339. The van der Waals surface area contributed by atoms with E-state index in [4.69, 9.17) is 0 Å². The molecule has 1 aromatic carbocycles. The summed E-state index contributed by atoms with van der Waals surface area (Å²) in [6.07, 6.45) is 0. The molecule has 2 atom stereocenters. The minimum Gasteiger partial charge on any atom is -0.363 e. The van der Waals surface area contributed by atoms with Crippen LogP contribution in [0.2, 0.25) is 0 Å². The molecule has 0 aliphatic carbocycles. The second-order valence-corrected chi connectivity index (χ2v) is 6.78. The number of rotatable bonds is 3. The van der Waals surface area contributed by atoms with Crippen molar-refractivity contribution in [3.8, 4) is 0 Å². The van der Waals surface area contributed by atoms with Crippen molar-refractivity contribution in [1.29, 1.82) is 0 Å². The van der Waals surface area contributed by atoms with Gasteiger partial charge in [-0.3, -0.25) is 0 Å². The van der Waals surface area contributed by atoms with Crippen LogP contribution in [-0.4, -0.2) is 25.2 Å². The van der Waals surface area contributed by atoms with Gasteiger partial charge in [0.05, 0.1) is 5.69 Å². The van der Waals surface area contributed by atoms with E-state index in [-0.39, 0.29) is 17.7 Å². The maximum Gasteiger partial charge on any atom is 0.146 e. The van der Waals surface area contributed by atoms with E-state index in [1.54, 1.807) is 6.92 Å². The summed E-state index contributed by atoms with van der Waals surface area (Å²) in [7, 11) is 0. The molecule has 1 aromatic rings. The lowest BCUT2D eigenvalue weighted by molar-refractivity contribution is 0.293. The van der Waals surface area contributed by atoms with Gasteiger partial charge >= 0.3 is 0 Å². The molecular formula is C17H26F2N2. The van der Waals surface area contributed by atoms with Crippen molar-refractivity contribution in [2.45, 2.75) is 46.7 Å². The summed E-state index contributed by atoms with van der Waals surface area (Å²) in [6.45, 7) is 11.6. The summed E-state index contributed by atoms with van der Waals surface area (Å²) >= 11 is 0. The number of piperazine rings is 1. The van der Waals surface area contributed by atoms with Crippen molar-refractivity contribution < 1.29 is 8.78 Å². The Bertz CT molecular complexity index is 500. The van der Waals surface area contributed by atoms with Gasteiger partial charge in [0.15, 0.2) is 0 Å². The zero-order valence-corrected chi connectivity index (χ0v) is 13.6. The van der Waals surface area contributed by atoms with Gasteiger partial charge in [0.2, 0.25) is 0 Å². The zero-order chi connectivity index (χ0) is 15.7. The predicted octanol–water partition coefficient (Wildman–Crippen LogP) is 3.73. The Labute approximate surface area is 126 Å². The lowest BCUT2D eigenvalue weighted by Gasteiger charge is -2.45. The lowest BCUT2D eigenvalue weighted by Crippen LogP contribution is -2.60. The molecule has 1 heterocycles. The lowest BCUT2D eigenvalue weighted by atomic mass is 9.93. The number of hydrogen-bond acceptors (Lipinski definition) is 2. The van der Waals surface area contributed by atoms with Crippen LogP contribution in [0.4, 0.5) is 14.5 Å². The Kier molecular flexibility index (Phi) is 4.87. The molecule has 0 radical (unpaired) electrons. The van der Waals surface area contributed by atoms with Crippen LogP contribution in [-0.2, 0) is 0 Å². The van der Waals surface area contributed by atoms with E-state index in [9.17, 15) is 8.78 Å². The number of aryl methyl sites for hydroxylation is 1. The van der Waals surface area contributed by atoms with Gasteiger partial charge in [0.25, 0.3) is 0 Å². The maximum absolute atomic E-state index is 14.4. The van der Waals surface area contributed by atoms with Gasteiger partial charge in [-0.15, -0.1) is 0 Å². The normalized spacial score (nSPS) is 23.2. The van der Waals surface area contributed by atoms with E-state index in [2.05, 4.69) is 33.0 Å². The standard InChI is InChI=1S/C17H26F2N2/c1-10(2)15-9-21(17(8-20-15)11(3)4)16-7-13(18)12(5)6-14(16)19/h6-7,10-11,15,17,20H,8-9H2,1-5H3. The highest BCUT2D eigenvalue weighted by atomic mass is 19.1. The average Bonchev–Trinajstić information content (AvgIpc) is 2.42. The molecule has 1 fully saturated rings. The highest BCUT2D eigenvalue weighted by Crippen LogP contribution is 2.29. The second kappa shape index (κ2) is 6.30. The zero-order valence-electron chi connectivity index (χ0n) is 13.6. The van der Waals surface area contributed by atoms with Gasteiger partial charge in [0, 0.05) is 31.2 Å². The van der Waals surface area contributed by atoms with Gasteiger partial charge in [0.1, 0.15) is 11.6 Å². The fourth-order valence-electron chi connectivity index (χ4n) is 2.97. The van der Waals surface area contributed by atoms with Crippen LogP contribution in [0.25, 0.3) is 0 Å². The molecule has 21 heavy (non-hydrogen) atoms. The topological polar surface area (TPSA) is 15.3 Å². The fourth-order valence-corrected chi connectivity index (χ4v) is 2.97. The molecule has 1 N–H and O–H groups in total. The predicted molar refractivity (Wildman–Crippen MR) is 83.7 cm³/mol. The fraction of sp³-hybridized carbons (Fsp3) is 0.647. The van der Waals surface area contributed by atoms with Crippen LogP contribution >= 0.6 is 0 Å². The Morgan fingerprint density at radius 2 is 1.76 bits per heavy atom. The third-order valence-electron chi connectivity index (χ3n) is 4.49. The Morgan fingerprint density at radius 1 is 1.10 bits per heavy atom. The van der Waals surface area contributed by atoms with E-state index in [0.29, 0.717) is 35.7 Å². The Hall–Kier alpha value is -1.16. The van der Waals surface area contributed by atoms with Crippen molar-refractivity contribution in [2.75, 3.05) is 18.0 Å². The first-order valence-corrected chi connectivity index (χ1v) is 7.77. The SMILES string of the molecule is Cc1cc(F)c(N2CC(C(C)C)NCC2C(C)C)cc1F. The largest absolute Gasteiger partial charge is 0.363 e. The van der Waals surface area contributed by atoms with Crippen molar-refractivity contribution in [3.63, 3.8) is 0 Å². The maximum atomic E-state index is 14.4. The van der Waals surface area contributed by atoms with Gasteiger partial charge in [-0.05, 0) is 30.4 Å². The quantitative estimate of drug-likeness (QED) is 0.914. The smallest absolute Gasteiger partial charge is 0.146 e. The van der Waals surface area contributed by atoms with Crippen molar-refractivity contribution in [2.24, 2.45) is 11.8 Å². The molecule has 0 amide bonds. The minimum absolute atomic E-state index is 0.177. The molecule has 0 spiro atoms. The number of halogens is 2. The molecule has 0 saturated carbocycles. The van der Waals surface area contributed by atoms with Crippen molar-refractivity contribution in [3.05, 3.63) is 29.3 Å². The Balaban J connectivity index is 2.38. The van der Waals surface area contributed by atoms with Gasteiger partial charge < -0.3 is 10.2 Å². The molecule has 4 heteroatoms. The summed E-state index contributed by atoms with van der Waals surface area (Å²) < 4.78 is 28.2. The van der Waals surface area contributed by atoms with E-state index in [1.165, 1.54) is 12.1 Å². The van der Waals surface area contributed by atoms with Crippen molar-refractivity contribution in [1.82, 2.24) is 5.32 Å². The summed E-state index contributed by atoms with van der Waals surface area (Å²) in [5.41, 5.74) is 0.747. The average molecular weight is 296 g/mol. The molecule has 0 aromatic heterocycles. The van der Waals surface area contributed by atoms with Gasteiger partial charge in [-0.1, -0.05) is 27.7 Å². The molecule has 2 rings (SSSR count). The number of hydrogen-bond donors (Lipinski definition) is 1. The van der Waals surface area contributed by atoms with Gasteiger partial charge in [-0.25, -0.2) is 8.78 Å². The highest BCUT2D eigenvalue weighted by molar-refractivity contribution is 5.51. The third kappa shape index (κ3) is 3.37. The molecule has 0 bridgehead atoms. The molecule has 1 saturated heterocycles.